The Labute approximate surface area is 207 Å². The Morgan fingerprint density at radius 2 is 1.97 bits per heavy atom. The van der Waals surface area contributed by atoms with E-state index in [0.29, 0.717) is 22.4 Å². The van der Waals surface area contributed by atoms with Gasteiger partial charge >= 0.3 is 0 Å². The van der Waals surface area contributed by atoms with Gasteiger partial charge in [0.15, 0.2) is 11.7 Å². The highest BCUT2D eigenvalue weighted by atomic mass is 35.5. The van der Waals surface area contributed by atoms with Crippen molar-refractivity contribution in [3.05, 3.63) is 52.8 Å². The van der Waals surface area contributed by atoms with Crippen molar-refractivity contribution in [2.45, 2.75) is 13.3 Å². The van der Waals surface area contributed by atoms with Crippen molar-refractivity contribution in [1.82, 2.24) is 9.88 Å². The second-order valence-corrected chi connectivity index (χ2v) is 9.03. The molecule has 1 saturated heterocycles. The lowest BCUT2D eigenvalue weighted by molar-refractivity contribution is -0.120. The number of carbonyl (C=O) groups is 1. The standard InChI is InChI=1S/C23H25ClFN3O3S.ClH/c1-16-19(24)7-8-20-22(16)26-23(32-20)28(10-2-9-27-11-13-30-14-12-27)21(29)15-31-18-5-3-17(25)4-6-18;/h3-8H,2,9-15H2,1H3;1H. The minimum Gasteiger partial charge on any atom is -0.484 e. The number of fused-ring (bicyclic) bond motifs is 1. The predicted octanol–water partition coefficient (Wildman–Crippen LogP) is 4.95. The molecule has 0 radical (unpaired) electrons. The summed E-state index contributed by atoms with van der Waals surface area (Å²) in [5.41, 5.74) is 1.71. The smallest absolute Gasteiger partial charge is 0.266 e. The van der Waals surface area contributed by atoms with Crippen molar-refractivity contribution in [2.24, 2.45) is 0 Å². The van der Waals surface area contributed by atoms with E-state index < -0.39 is 0 Å². The molecule has 2 aromatic carbocycles. The topological polar surface area (TPSA) is 54.9 Å². The third-order valence-corrected chi connectivity index (χ3v) is 6.86. The molecular formula is C23H26Cl2FN3O3S. The van der Waals surface area contributed by atoms with Gasteiger partial charge in [0.05, 0.1) is 23.4 Å². The van der Waals surface area contributed by atoms with Crippen molar-refractivity contribution in [3.63, 3.8) is 0 Å². The second-order valence-electron chi connectivity index (χ2n) is 7.61. The molecular weight excluding hydrogens is 488 g/mol. The molecule has 4 rings (SSSR count). The van der Waals surface area contributed by atoms with Gasteiger partial charge in [0, 0.05) is 31.2 Å². The first-order valence-electron chi connectivity index (χ1n) is 10.6. The number of aryl methyl sites for hydroxylation is 1. The van der Waals surface area contributed by atoms with Gasteiger partial charge in [-0.2, -0.15) is 0 Å². The van der Waals surface area contributed by atoms with Gasteiger partial charge in [-0.1, -0.05) is 22.9 Å². The Morgan fingerprint density at radius 1 is 1.24 bits per heavy atom. The number of anilines is 1. The van der Waals surface area contributed by atoms with Crippen LogP contribution in [-0.2, 0) is 9.53 Å². The molecule has 1 aliphatic rings. The Bertz CT molecular complexity index is 1070. The lowest BCUT2D eigenvalue weighted by Gasteiger charge is -2.27. The highest BCUT2D eigenvalue weighted by Gasteiger charge is 2.22. The maximum absolute atomic E-state index is 13.1. The summed E-state index contributed by atoms with van der Waals surface area (Å²) >= 11 is 7.72. The first-order valence-corrected chi connectivity index (χ1v) is 11.7. The average molecular weight is 514 g/mol. The monoisotopic (exact) mass is 513 g/mol. The number of thiazole rings is 1. The molecule has 0 aliphatic carbocycles. The van der Waals surface area contributed by atoms with Crippen molar-refractivity contribution >= 4 is 56.6 Å². The zero-order valence-corrected chi connectivity index (χ0v) is 20.6. The molecule has 1 aromatic heterocycles. The molecule has 0 spiro atoms. The number of halogens is 3. The Kier molecular flexibility index (Phi) is 9.28. The van der Waals surface area contributed by atoms with Crippen LogP contribution in [0.4, 0.5) is 9.52 Å². The van der Waals surface area contributed by atoms with Crippen LogP contribution in [0.15, 0.2) is 36.4 Å². The zero-order chi connectivity index (χ0) is 22.5. The average Bonchev–Trinajstić information content (AvgIpc) is 3.24. The molecule has 0 unspecified atom stereocenters. The zero-order valence-electron chi connectivity index (χ0n) is 18.3. The predicted molar refractivity (Wildman–Crippen MR) is 133 cm³/mol. The van der Waals surface area contributed by atoms with Crippen LogP contribution in [0.1, 0.15) is 12.0 Å². The summed E-state index contributed by atoms with van der Waals surface area (Å²) in [4.78, 5) is 21.9. The molecule has 1 aliphatic heterocycles. The molecule has 0 atom stereocenters. The number of rotatable bonds is 8. The van der Waals surface area contributed by atoms with Gasteiger partial charge in [-0.05, 0) is 55.3 Å². The van der Waals surface area contributed by atoms with Gasteiger partial charge in [-0.15, -0.1) is 12.4 Å². The van der Waals surface area contributed by atoms with Gasteiger partial charge in [-0.25, -0.2) is 9.37 Å². The molecule has 178 valence electrons. The molecule has 33 heavy (non-hydrogen) atoms. The van der Waals surface area contributed by atoms with E-state index in [9.17, 15) is 9.18 Å². The van der Waals surface area contributed by atoms with E-state index in [1.807, 2.05) is 19.1 Å². The molecule has 0 bridgehead atoms. The summed E-state index contributed by atoms with van der Waals surface area (Å²) < 4.78 is 25.1. The Balaban J connectivity index is 0.00000306. The summed E-state index contributed by atoms with van der Waals surface area (Å²) in [6, 6.07) is 9.41. The summed E-state index contributed by atoms with van der Waals surface area (Å²) in [6.07, 6.45) is 0.804. The van der Waals surface area contributed by atoms with Crippen molar-refractivity contribution in [1.29, 1.82) is 0 Å². The number of hydrogen-bond acceptors (Lipinski definition) is 6. The van der Waals surface area contributed by atoms with Gasteiger partial charge in [0.2, 0.25) is 0 Å². The third-order valence-electron chi connectivity index (χ3n) is 5.40. The second kappa shape index (κ2) is 11.9. The largest absolute Gasteiger partial charge is 0.484 e. The molecule has 0 saturated carbocycles. The van der Waals surface area contributed by atoms with E-state index in [0.717, 1.165) is 55.0 Å². The van der Waals surface area contributed by atoms with Crippen molar-refractivity contribution in [3.8, 4) is 5.75 Å². The van der Waals surface area contributed by atoms with Gasteiger partial charge in [0.1, 0.15) is 11.6 Å². The van der Waals surface area contributed by atoms with Gasteiger partial charge < -0.3 is 9.47 Å². The minimum atomic E-state index is -0.350. The number of ether oxygens (including phenoxy) is 2. The molecule has 10 heteroatoms. The molecule has 0 N–H and O–H groups in total. The first-order chi connectivity index (χ1) is 15.5. The number of aromatic nitrogens is 1. The third kappa shape index (κ3) is 6.55. The van der Waals surface area contributed by atoms with Crippen LogP contribution in [0.2, 0.25) is 5.02 Å². The van der Waals surface area contributed by atoms with Crippen LogP contribution >= 0.6 is 35.3 Å². The number of benzene rings is 2. The van der Waals surface area contributed by atoms with Crippen LogP contribution in [0.25, 0.3) is 10.2 Å². The van der Waals surface area contributed by atoms with Crippen LogP contribution < -0.4 is 9.64 Å². The summed E-state index contributed by atoms with van der Waals surface area (Å²) in [5, 5.41) is 1.28. The van der Waals surface area contributed by atoms with Crippen molar-refractivity contribution < 1.29 is 18.7 Å². The van der Waals surface area contributed by atoms with Crippen LogP contribution in [0, 0.1) is 12.7 Å². The van der Waals surface area contributed by atoms with E-state index in [4.69, 9.17) is 26.1 Å². The normalized spacial score (nSPS) is 14.2. The summed E-state index contributed by atoms with van der Waals surface area (Å²) in [6.45, 7) is 6.46. The Morgan fingerprint density at radius 3 is 2.70 bits per heavy atom. The lowest BCUT2D eigenvalue weighted by Crippen LogP contribution is -2.40. The lowest BCUT2D eigenvalue weighted by atomic mass is 10.2. The summed E-state index contributed by atoms with van der Waals surface area (Å²) in [7, 11) is 0. The van der Waals surface area contributed by atoms with E-state index in [-0.39, 0.29) is 30.7 Å². The maximum atomic E-state index is 13.1. The van der Waals surface area contributed by atoms with Gasteiger partial charge in [0.25, 0.3) is 5.91 Å². The van der Waals surface area contributed by atoms with E-state index >= 15 is 0 Å². The molecule has 1 amide bonds. The fraction of sp³-hybridized carbons (Fsp3) is 0.391. The quantitative estimate of drug-likeness (QED) is 0.426. The SMILES string of the molecule is Cc1c(Cl)ccc2sc(N(CCCN3CCOCC3)C(=O)COc3ccc(F)cc3)nc12.Cl. The fourth-order valence-electron chi connectivity index (χ4n) is 3.56. The van der Waals surface area contributed by atoms with Gasteiger partial charge in [-0.3, -0.25) is 14.6 Å². The van der Waals surface area contributed by atoms with Crippen LogP contribution in [0.5, 0.6) is 5.75 Å². The van der Waals surface area contributed by atoms with E-state index in [1.165, 1.54) is 35.6 Å². The highest BCUT2D eigenvalue weighted by molar-refractivity contribution is 7.22. The van der Waals surface area contributed by atoms with E-state index in [1.54, 1.807) is 4.90 Å². The molecule has 2 heterocycles. The number of amides is 1. The first kappa shape index (κ1) is 25.6. The molecule has 6 nitrogen and oxygen atoms in total. The Hall–Kier alpha value is -1.97. The van der Waals surface area contributed by atoms with E-state index in [2.05, 4.69) is 4.90 Å². The number of morpholine rings is 1. The number of nitrogens with zero attached hydrogens (tertiary/aromatic N) is 3. The van der Waals surface area contributed by atoms with Crippen LogP contribution in [-0.4, -0.2) is 61.8 Å². The highest BCUT2D eigenvalue weighted by Crippen LogP contribution is 2.33. The van der Waals surface area contributed by atoms with Crippen molar-refractivity contribution in [2.75, 3.05) is 50.9 Å². The number of hydrogen-bond donors (Lipinski definition) is 0. The van der Waals surface area contributed by atoms with Crippen LogP contribution in [0.3, 0.4) is 0 Å². The maximum Gasteiger partial charge on any atom is 0.266 e. The fourth-order valence-corrected chi connectivity index (χ4v) is 4.78. The molecule has 3 aromatic rings. The minimum absolute atomic E-state index is 0. The molecule has 1 fully saturated rings. The number of carbonyl (C=O) groups excluding carboxylic acids is 1. The summed E-state index contributed by atoms with van der Waals surface area (Å²) in [5.74, 6) is -0.101.